The van der Waals surface area contributed by atoms with Crippen molar-refractivity contribution in [3.63, 3.8) is 0 Å². The minimum Gasteiger partial charge on any atom is -0.497 e. The number of carbonyl (C=O) groups is 1. The number of anilines is 2. The van der Waals surface area contributed by atoms with Gasteiger partial charge in [-0.05, 0) is 37.6 Å². The first kappa shape index (κ1) is 19.4. The Morgan fingerprint density at radius 2 is 1.86 bits per heavy atom. The highest BCUT2D eigenvalue weighted by Crippen LogP contribution is 2.22. The van der Waals surface area contributed by atoms with Crippen molar-refractivity contribution >= 4 is 17.3 Å². The van der Waals surface area contributed by atoms with Crippen molar-refractivity contribution in [2.45, 2.75) is 26.4 Å². The fraction of sp³-hybridized carbons (Fsp3) is 0.217. The van der Waals surface area contributed by atoms with Gasteiger partial charge in [0.1, 0.15) is 5.75 Å². The molecule has 0 radical (unpaired) electrons. The lowest BCUT2D eigenvalue weighted by molar-refractivity contribution is 0.102. The molecule has 5 nitrogen and oxygen atoms in total. The largest absolute Gasteiger partial charge is 0.497 e. The second kappa shape index (κ2) is 9.04. The number of hydrogen-bond acceptors (Lipinski definition) is 4. The van der Waals surface area contributed by atoms with Crippen LogP contribution < -0.4 is 15.0 Å². The summed E-state index contributed by atoms with van der Waals surface area (Å²) in [5, 5.41) is 2.90. The number of rotatable bonds is 7. The molecule has 0 atom stereocenters. The third-order valence-corrected chi connectivity index (χ3v) is 4.46. The minimum absolute atomic E-state index is 0.203. The van der Waals surface area contributed by atoms with E-state index in [2.05, 4.69) is 41.2 Å². The maximum Gasteiger partial charge on any atom is 0.257 e. The molecular formula is C23H25N3O2. The summed E-state index contributed by atoms with van der Waals surface area (Å²) in [6, 6.07) is 19.7. The maximum absolute atomic E-state index is 12.7. The summed E-state index contributed by atoms with van der Waals surface area (Å²) in [5.74, 6) is 0.490. The van der Waals surface area contributed by atoms with E-state index in [0.717, 1.165) is 12.2 Å². The Kier molecular flexibility index (Phi) is 6.27. The molecule has 0 bridgehead atoms. The van der Waals surface area contributed by atoms with Crippen molar-refractivity contribution in [3.05, 3.63) is 84.2 Å². The number of nitrogens with zero attached hydrogens (tertiary/aromatic N) is 2. The van der Waals surface area contributed by atoms with Crippen molar-refractivity contribution in [3.8, 4) is 5.75 Å². The Balaban J connectivity index is 1.80. The maximum atomic E-state index is 12.7. The standard InChI is InChI=1S/C23H25N3O2/c1-17(2)26(16-18-8-5-4-6-9-18)21-12-19(14-24-15-21)23(27)25-20-10-7-11-22(13-20)28-3/h4-15,17H,16H2,1-3H3,(H,25,27). The Hall–Kier alpha value is -3.34. The third-order valence-electron chi connectivity index (χ3n) is 4.46. The van der Waals surface area contributed by atoms with Gasteiger partial charge in [-0.1, -0.05) is 36.4 Å². The molecule has 0 saturated carbocycles. The van der Waals surface area contributed by atoms with E-state index < -0.39 is 0 Å². The molecule has 0 saturated heterocycles. The molecule has 144 valence electrons. The number of benzene rings is 2. The van der Waals surface area contributed by atoms with Crippen LogP contribution in [0.4, 0.5) is 11.4 Å². The Bertz CT molecular complexity index is 926. The van der Waals surface area contributed by atoms with Crippen molar-refractivity contribution in [1.82, 2.24) is 4.98 Å². The van der Waals surface area contributed by atoms with E-state index in [9.17, 15) is 4.79 Å². The second-order valence-corrected chi connectivity index (χ2v) is 6.83. The highest BCUT2D eigenvalue weighted by molar-refractivity contribution is 6.04. The molecule has 1 aromatic heterocycles. The zero-order valence-electron chi connectivity index (χ0n) is 16.4. The lowest BCUT2D eigenvalue weighted by atomic mass is 10.1. The van der Waals surface area contributed by atoms with Crippen LogP contribution in [0.15, 0.2) is 73.1 Å². The molecule has 0 fully saturated rings. The third kappa shape index (κ3) is 4.88. The lowest BCUT2D eigenvalue weighted by Crippen LogP contribution is -2.30. The van der Waals surface area contributed by atoms with Gasteiger partial charge in [0.05, 0.1) is 24.6 Å². The molecule has 3 aromatic rings. The molecule has 0 aliphatic rings. The number of carbonyl (C=O) groups excluding carboxylic acids is 1. The smallest absolute Gasteiger partial charge is 0.257 e. The Morgan fingerprint density at radius 1 is 1.07 bits per heavy atom. The Morgan fingerprint density at radius 3 is 2.57 bits per heavy atom. The molecule has 1 N–H and O–H groups in total. The van der Waals surface area contributed by atoms with Crippen LogP contribution in [-0.2, 0) is 6.54 Å². The summed E-state index contributed by atoms with van der Waals surface area (Å²) in [5.41, 5.74) is 3.32. The fourth-order valence-corrected chi connectivity index (χ4v) is 2.97. The van der Waals surface area contributed by atoms with Crippen molar-refractivity contribution < 1.29 is 9.53 Å². The molecule has 1 amide bonds. The molecule has 5 heteroatoms. The number of nitrogens with one attached hydrogen (secondary N) is 1. The van der Waals surface area contributed by atoms with E-state index in [0.29, 0.717) is 17.0 Å². The average molecular weight is 375 g/mol. The van der Waals surface area contributed by atoms with Gasteiger partial charge in [0.25, 0.3) is 5.91 Å². The van der Waals surface area contributed by atoms with Crippen LogP contribution in [0.2, 0.25) is 0 Å². The average Bonchev–Trinajstić information content (AvgIpc) is 2.72. The molecule has 1 heterocycles. The van der Waals surface area contributed by atoms with E-state index in [4.69, 9.17) is 4.74 Å². The second-order valence-electron chi connectivity index (χ2n) is 6.83. The normalized spacial score (nSPS) is 10.6. The highest BCUT2D eigenvalue weighted by Gasteiger charge is 2.15. The van der Waals surface area contributed by atoms with E-state index in [1.54, 1.807) is 25.6 Å². The number of amides is 1. The number of ether oxygens (including phenoxy) is 1. The number of pyridine rings is 1. The molecule has 28 heavy (non-hydrogen) atoms. The molecule has 2 aromatic carbocycles. The highest BCUT2D eigenvalue weighted by atomic mass is 16.5. The summed E-state index contributed by atoms with van der Waals surface area (Å²) >= 11 is 0. The molecule has 0 aliphatic heterocycles. The number of aromatic nitrogens is 1. The summed E-state index contributed by atoms with van der Waals surface area (Å²) in [7, 11) is 1.60. The first-order valence-corrected chi connectivity index (χ1v) is 9.28. The molecular weight excluding hydrogens is 350 g/mol. The first-order valence-electron chi connectivity index (χ1n) is 9.28. The van der Waals surface area contributed by atoms with Crippen molar-refractivity contribution in [2.75, 3.05) is 17.3 Å². The first-order chi connectivity index (χ1) is 13.6. The zero-order valence-corrected chi connectivity index (χ0v) is 16.4. The molecule has 0 spiro atoms. The lowest BCUT2D eigenvalue weighted by Gasteiger charge is -2.29. The predicted octanol–water partition coefficient (Wildman–Crippen LogP) is 4.76. The van der Waals surface area contributed by atoms with E-state index in [1.165, 1.54) is 5.56 Å². The Labute approximate surface area is 166 Å². The SMILES string of the molecule is COc1cccc(NC(=O)c2cncc(N(Cc3ccccc3)C(C)C)c2)c1. The van der Waals surface area contributed by atoms with Gasteiger partial charge in [-0.25, -0.2) is 0 Å². The van der Waals surface area contributed by atoms with Gasteiger partial charge in [0.15, 0.2) is 0 Å². The minimum atomic E-state index is -0.203. The topological polar surface area (TPSA) is 54.5 Å². The van der Waals surface area contributed by atoms with Crippen LogP contribution in [-0.4, -0.2) is 24.0 Å². The molecule has 0 unspecified atom stereocenters. The van der Waals surface area contributed by atoms with Crippen LogP contribution >= 0.6 is 0 Å². The van der Waals surface area contributed by atoms with E-state index >= 15 is 0 Å². The predicted molar refractivity (Wildman–Crippen MR) is 113 cm³/mol. The van der Waals surface area contributed by atoms with Gasteiger partial charge in [-0.3, -0.25) is 9.78 Å². The van der Waals surface area contributed by atoms with Crippen LogP contribution in [0.3, 0.4) is 0 Å². The summed E-state index contributed by atoms with van der Waals surface area (Å²) in [6.07, 6.45) is 3.38. The number of methoxy groups -OCH3 is 1. The van der Waals surface area contributed by atoms with Crippen molar-refractivity contribution in [2.24, 2.45) is 0 Å². The number of hydrogen-bond donors (Lipinski definition) is 1. The van der Waals surface area contributed by atoms with Crippen LogP contribution in [0.5, 0.6) is 5.75 Å². The van der Waals surface area contributed by atoms with Gasteiger partial charge < -0.3 is 15.0 Å². The zero-order chi connectivity index (χ0) is 19.9. The molecule has 3 rings (SSSR count). The molecule has 0 aliphatic carbocycles. The van der Waals surface area contributed by atoms with Crippen LogP contribution in [0.25, 0.3) is 0 Å². The van der Waals surface area contributed by atoms with Crippen molar-refractivity contribution in [1.29, 1.82) is 0 Å². The van der Waals surface area contributed by atoms with Crippen LogP contribution in [0.1, 0.15) is 29.8 Å². The van der Waals surface area contributed by atoms with Crippen LogP contribution in [0, 0.1) is 0 Å². The summed E-state index contributed by atoms with van der Waals surface area (Å²) in [4.78, 5) is 19.2. The fourth-order valence-electron chi connectivity index (χ4n) is 2.97. The van der Waals surface area contributed by atoms with Gasteiger partial charge in [-0.2, -0.15) is 0 Å². The van der Waals surface area contributed by atoms with Gasteiger partial charge in [0, 0.05) is 30.5 Å². The summed E-state index contributed by atoms with van der Waals surface area (Å²) in [6.45, 7) is 5.01. The van der Waals surface area contributed by atoms with E-state index in [1.807, 2.05) is 42.5 Å². The van der Waals surface area contributed by atoms with Gasteiger partial charge in [0.2, 0.25) is 0 Å². The van der Waals surface area contributed by atoms with Gasteiger partial charge >= 0.3 is 0 Å². The van der Waals surface area contributed by atoms with E-state index in [-0.39, 0.29) is 11.9 Å². The quantitative estimate of drug-likeness (QED) is 0.647. The van der Waals surface area contributed by atoms with Gasteiger partial charge in [-0.15, -0.1) is 0 Å². The monoisotopic (exact) mass is 375 g/mol. The summed E-state index contributed by atoms with van der Waals surface area (Å²) < 4.78 is 5.21.